The van der Waals surface area contributed by atoms with E-state index in [0.717, 1.165) is 23.2 Å². The molecule has 5 nitrogen and oxygen atoms in total. The van der Waals surface area contributed by atoms with Crippen molar-refractivity contribution in [1.29, 1.82) is 0 Å². The zero-order chi connectivity index (χ0) is 14.4. The van der Waals surface area contributed by atoms with Crippen molar-refractivity contribution in [2.24, 2.45) is 5.73 Å². The number of pyridine rings is 2. The number of rotatable bonds is 5. The van der Waals surface area contributed by atoms with Gasteiger partial charge in [-0.15, -0.1) is 0 Å². The lowest BCUT2D eigenvalue weighted by Crippen LogP contribution is -2.25. The molecule has 2 rings (SSSR count). The van der Waals surface area contributed by atoms with Gasteiger partial charge in [0.15, 0.2) is 0 Å². The molecule has 0 saturated carbocycles. The van der Waals surface area contributed by atoms with Crippen LogP contribution in [0.5, 0.6) is 0 Å². The number of nitrogens with one attached hydrogen (secondary N) is 1. The summed E-state index contributed by atoms with van der Waals surface area (Å²) in [6, 6.07) is 7.40. The molecule has 20 heavy (non-hydrogen) atoms. The van der Waals surface area contributed by atoms with Gasteiger partial charge >= 0.3 is 0 Å². The normalized spacial score (nSPS) is 10.3. The third-order valence-electron chi connectivity index (χ3n) is 3.07. The number of carbonyl (C=O) groups is 1. The number of carbonyl (C=O) groups excluding carboxylic acids is 1. The SMILES string of the molecule is CCc1cccnc1CNC(=O)c1ccc(CN)cn1. The Bertz CT molecular complexity index is 581. The number of hydrogen-bond acceptors (Lipinski definition) is 4. The van der Waals surface area contributed by atoms with Gasteiger partial charge in [0.2, 0.25) is 0 Å². The first-order valence-electron chi connectivity index (χ1n) is 6.60. The molecule has 0 saturated heterocycles. The molecule has 0 spiro atoms. The van der Waals surface area contributed by atoms with Crippen LogP contribution in [0.3, 0.4) is 0 Å². The molecule has 0 aliphatic carbocycles. The van der Waals surface area contributed by atoms with Crippen molar-refractivity contribution in [3.63, 3.8) is 0 Å². The zero-order valence-corrected chi connectivity index (χ0v) is 11.5. The lowest BCUT2D eigenvalue weighted by molar-refractivity contribution is 0.0945. The highest BCUT2D eigenvalue weighted by molar-refractivity contribution is 5.92. The molecule has 0 aliphatic rings. The van der Waals surface area contributed by atoms with Crippen molar-refractivity contribution in [1.82, 2.24) is 15.3 Å². The lowest BCUT2D eigenvalue weighted by Gasteiger charge is -2.08. The molecule has 0 aliphatic heterocycles. The summed E-state index contributed by atoms with van der Waals surface area (Å²) in [5, 5.41) is 2.83. The summed E-state index contributed by atoms with van der Waals surface area (Å²) < 4.78 is 0. The summed E-state index contributed by atoms with van der Waals surface area (Å²) in [4.78, 5) is 20.4. The van der Waals surface area contributed by atoms with Crippen molar-refractivity contribution in [2.45, 2.75) is 26.4 Å². The van der Waals surface area contributed by atoms with Gasteiger partial charge in [0, 0.05) is 18.9 Å². The van der Waals surface area contributed by atoms with E-state index in [1.807, 2.05) is 12.1 Å². The minimum absolute atomic E-state index is 0.207. The van der Waals surface area contributed by atoms with Gasteiger partial charge < -0.3 is 11.1 Å². The molecule has 0 fully saturated rings. The maximum Gasteiger partial charge on any atom is 0.270 e. The van der Waals surface area contributed by atoms with E-state index in [1.165, 1.54) is 0 Å². The highest BCUT2D eigenvalue weighted by atomic mass is 16.1. The molecule has 2 aromatic heterocycles. The fraction of sp³-hybridized carbons (Fsp3) is 0.267. The molecule has 3 N–H and O–H groups in total. The van der Waals surface area contributed by atoms with Crippen molar-refractivity contribution in [2.75, 3.05) is 0 Å². The molecule has 0 atom stereocenters. The van der Waals surface area contributed by atoms with Crippen LogP contribution in [-0.2, 0) is 19.5 Å². The second-order valence-corrected chi connectivity index (χ2v) is 4.40. The number of nitrogens with zero attached hydrogens (tertiary/aromatic N) is 2. The standard InChI is InChI=1S/C15H18N4O/c1-2-12-4-3-7-17-14(12)10-19-15(20)13-6-5-11(8-16)9-18-13/h3-7,9H,2,8,10,16H2,1H3,(H,19,20). The minimum Gasteiger partial charge on any atom is -0.345 e. The second-order valence-electron chi connectivity index (χ2n) is 4.40. The minimum atomic E-state index is -0.207. The first kappa shape index (κ1) is 14.1. The predicted molar refractivity (Wildman–Crippen MR) is 76.9 cm³/mol. The highest BCUT2D eigenvalue weighted by Crippen LogP contribution is 2.06. The summed E-state index contributed by atoms with van der Waals surface area (Å²) in [6.45, 7) is 2.89. The number of hydrogen-bond donors (Lipinski definition) is 2. The molecule has 0 unspecified atom stereocenters. The number of nitrogens with two attached hydrogens (primary N) is 1. The van der Waals surface area contributed by atoms with E-state index >= 15 is 0 Å². The van der Waals surface area contributed by atoms with E-state index < -0.39 is 0 Å². The van der Waals surface area contributed by atoms with Crippen LogP contribution in [0.25, 0.3) is 0 Å². The van der Waals surface area contributed by atoms with Gasteiger partial charge in [-0.1, -0.05) is 19.1 Å². The Morgan fingerprint density at radius 3 is 2.80 bits per heavy atom. The van der Waals surface area contributed by atoms with E-state index in [9.17, 15) is 4.79 Å². The van der Waals surface area contributed by atoms with Gasteiger partial charge in [0.05, 0.1) is 12.2 Å². The summed E-state index contributed by atoms with van der Waals surface area (Å²) in [5.41, 5.74) is 8.81. The molecule has 2 aromatic rings. The van der Waals surface area contributed by atoms with Crippen molar-refractivity contribution >= 4 is 5.91 Å². The summed E-state index contributed by atoms with van der Waals surface area (Å²) in [5.74, 6) is -0.207. The third-order valence-corrected chi connectivity index (χ3v) is 3.07. The average Bonchev–Trinajstić information content (AvgIpc) is 2.53. The third kappa shape index (κ3) is 3.39. The van der Waals surface area contributed by atoms with Gasteiger partial charge in [-0.2, -0.15) is 0 Å². The van der Waals surface area contributed by atoms with Crippen molar-refractivity contribution in [3.8, 4) is 0 Å². The van der Waals surface area contributed by atoms with Crippen LogP contribution in [-0.4, -0.2) is 15.9 Å². The van der Waals surface area contributed by atoms with Gasteiger partial charge in [0.25, 0.3) is 5.91 Å². The van der Waals surface area contributed by atoms with Crippen LogP contribution in [0.1, 0.15) is 34.2 Å². The van der Waals surface area contributed by atoms with E-state index in [2.05, 4.69) is 22.2 Å². The van der Waals surface area contributed by atoms with Crippen LogP contribution < -0.4 is 11.1 Å². The maximum absolute atomic E-state index is 12.0. The Balaban J connectivity index is 2.01. The second kappa shape index (κ2) is 6.77. The molecule has 104 valence electrons. The van der Waals surface area contributed by atoms with Gasteiger partial charge in [-0.3, -0.25) is 14.8 Å². The van der Waals surface area contributed by atoms with Crippen LogP contribution in [0.4, 0.5) is 0 Å². The van der Waals surface area contributed by atoms with Crippen molar-refractivity contribution in [3.05, 3.63) is 59.2 Å². The number of aryl methyl sites for hydroxylation is 1. The average molecular weight is 270 g/mol. The largest absolute Gasteiger partial charge is 0.345 e. The van der Waals surface area contributed by atoms with Crippen LogP contribution in [0.15, 0.2) is 36.7 Å². The molecule has 2 heterocycles. The topological polar surface area (TPSA) is 80.9 Å². The van der Waals surface area contributed by atoms with E-state index in [-0.39, 0.29) is 5.91 Å². The highest BCUT2D eigenvalue weighted by Gasteiger charge is 2.08. The Kier molecular flexibility index (Phi) is 4.79. The molecule has 0 radical (unpaired) electrons. The van der Waals surface area contributed by atoms with E-state index in [0.29, 0.717) is 18.8 Å². The first-order chi connectivity index (χ1) is 9.74. The smallest absolute Gasteiger partial charge is 0.270 e. The molecular formula is C15H18N4O. The number of amides is 1. The Morgan fingerprint density at radius 1 is 1.30 bits per heavy atom. The lowest BCUT2D eigenvalue weighted by atomic mass is 10.1. The van der Waals surface area contributed by atoms with Crippen LogP contribution in [0, 0.1) is 0 Å². The fourth-order valence-electron chi connectivity index (χ4n) is 1.89. The van der Waals surface area contributed by atoms with Gasteiger partial charge in [-0.05, 0) is 29.7 Å². The maximum atomic E-state index is 12.0. The molecule has 0 aromatic carbocycles. The quantitative estimate of drug-likeness (QED) is 0.861. The van der Waals surface area contributed by atoms with Crippen LogP contribution in [0.2, 0.25) is 0 Å². The molecule has 5 heteroatoms. The molecule has 0 bridgehead atoms. The van der Waals surface area contributed by atoms with Crippen LogP contribution >= 0.6 is 0 Å². The zero-order valence-electron chi connectivity index (χ0n) is 11.5. The van der Waals surface area contributed by atoms with Gasteiger partial charge in [0.1, 0.15) is 5.69 Å². The predicted octanol–water partition coefficient (Wildman–Crippen LogP) is 1.43. The monoisotopic (exact) mass is 270 g/mol. The molecular weight excluding hydrogens is 252 g/mol. The Morgan fingerprint density at radius 2 is 2.15 bits per heavy atom. The van der Waals surface area contributed by atoms with E-state index in [1.54, 1.807) is 24.5 Å². The summed E-state index contributed by atoms with van der Waals surface area (Å²) >= 11 is 0. The van der Waals surface area contributed by atoms with Gasteiger partial charge in [-0.25, -0.2) is 0 Å². The summed E-state index contributed by atoms with van der Waals surface area (Å²) in [7, 11) is 0. The molecule has 1 amide bonds. The van der Waals surface area contributed by atoms with E-state index in [4.69, 9.17) is 5.73 Å². The fourth-order valence-corrected chi connectivity index (χ4v) is 1.89. The Labute approximate surface area is 118 Å². The van der Waals surface area contributed by atoms with Crippen molar-refractivity contribution < 1.29 is 4.79 Å². The Hall–Kier alpha value is -2.27. The summed E-state index contributed by atoms with van der Waals surface area (Å²) in [6.07, 6.45) is 4.24. The number of aromatic nitrogens is 2. The first-order valence-corrected chi connectivity index (χ1v) is 6.60.